The van der Waals surface area contributed by atoms with Crippen LogP contribution in [0.3, 0.4) is 0 Å². The summed E-state index contributed by atoms with van der Waals surface area (Å²) < 4.78 is 11.6. The van der Waals surface area contributed by atoms with Crippen molar-refractivity contribution in [3.63, 3.8) is 0 Å². The van der Waals surface area contributed by atoms with E-state index in [0.29, 0.717) is 18.8 Å². The molecule has 0 amide bonds. The van der Waals surface area contributed by atoms with Crippen molar-refractivity contribution in [2.75, 3.05) is 19.8 Å². The van der Waals surface area contributed by atoms with Crippen molar-refractivity contribution in [2.24, 2.45) is 0 Å². The summed E-state index contributed by atoms with van der Waals surface area (Å²) in [6, 6.07) is 8.69. The minimum absolute atomic E-state index is 0.320. The summed E-state index contributed by atoms with van der Waals surface area (Å²) in [5, 5.41) is 3.65. The van der Waals surface area contributed by atoms with Crippen molar-refractivity contribution in [3.8, 4) is 5.75 Å². The minimum Gasteiger partial charge on any atom is -0.494 e. The number of para-hydroxylation sites is 1. The van der Waals surface area contributed by atoms with E-state index >= 15 is 0 Å². The van der Waals surface area contributed by atoms with Gasteiger partial charge in [-0.1, -0.05) is 25.1 Å². The third-order valence-corrected chi connectivity index (χ3v) is 3.76. The van der Waals surface area contributed by atoms with Crippen LogP contribution in [-0.2, 0) is 4.74 Å². The predicted octanol–water partition coefficient (Wildman–Crippen LogP) is 3.70. The van der Waals surface area contributed by atoms with Gasteiger partial charge in [0, 0.05) is 18.2 Å². The van der Waals surface area contributed by atoms with Gasteiger partial charge in [-0.25, -0.2) is 0 Å². The van der Waals surface area contributed by atoms with Crippen LogP contribution in [0.2, 0.25) is 0 Å². The van der Waals surface area contributed by atoms with Crippen LogP contribution in [0.25, 0.3) is 0 Å². The van der Waals surface area contributed by atoms with Gasteiger partial charge in [-0.05, 0) is 45.2 Å². The lowest BCUT2D eigenvalue weighted by molar-refractivity contribution is 0.0942. The van der Waals surface area contributed by atoms with Crippen molar-refractivity contribution < 1.29 is 9.47 Å². The van der Waals surface area contributed by atoms with Crippen LogP contribution in [-0.4, -0.2) is 25.9 Å². The first kappa shape index (κ1) is 15.3. The zero-order chi connectivity index (χ0) is 14.2. The zero-order valence-corrected chi connectivity index (χ0v) is 12.7. The van der Waals surface area contributed by atoms with Crippen LogP contribution in [0.4, 0.5) is 0 Å². The lowest BCUT2D eigenvalue weighted by atomic mass is 9.98. The van der Waals surface area contributed by atoms with E-state index in [1.165, 1.54) is 18.4 Å². The van der Waals surface area contributed by atoms with Crippen LogP contribution in [0, 0.1) is 0 Å². The number of ether oxygens (including phenoxy) is 2. The molecular weight excluding hydrogens is 250 g/mol. The molecule has 0 bridgehead atoms. The van der Waals surface area contributed by atoms with Crippen LogP contribution in [0.5, 0.6) is 5.75 Å². The first-order valence-corrected chi connectivity index (χ1v) is 7.91. The van der Waals surface area contributed by atoms with Gasteiger partial charge in [0.1, 0.15) is 5.75 Å². The van der Waals surface area contributed by atoms with Crippen LogP contribution in [0.15, 0.2) is 24.3 Å². The molecule has 0 spiro atoms. The first-order chi connectivity index (χ1) is 9.85. The lowest BCUT2D eigenvalue weighted by Gasteiger charge is -2.24. The van der Waals surface area contributed by atoms with Crippen molar-refractivity contribution in [1.82, 2.24) is 5.32 Å². The minimum atomic E-state index is 0.320. The Labute approximate surface area is 122 Å². The second-order valence-corrected chi connectivity index (χ2v) is 5.35. The highest BCUT2D eigenvalue weighted by Crippen LogP contribution is 2.31. The summed E-state index contributed by atoms with van der Waals surface area (Å²) in [6.45, 7) is 6.88. The van der Waals surface area contributed by atoms with Gasteiger partial charge < -0.3 is 14.8 Å². The summed E-state index contributed by atoms with van der Waals surface area (Å²) in [4.78, 5) is 0. The predicted molar refractivity (Wildman–Crippen MR) is 82.2 cm³/mol. The number of hydrogen-bond acceptors (Lipinski definition) is 3. The molecule has 2 atom stereocenters. The summed E-state index contributed by atoms with van der Waals surface area (Å²) in [7, 11) is 0. The Kier molecular flexibility index (Phi) is 6.34. The highest BCUT2D eigenvalue weighted by molar-refractivity contribution is 5.36. The monoisotopic (exact) mass is 277 g/mol. The summed E-state index contributed by atoms with van der Waals surface area (Å²) in [5.41, 5.74) is 1.26. The fourth-order valence-corrected chi connectivity index (χ4v) is 2.79. The lowest BCUT2D eigenvalue weighted by Crippen LogP contribution is -2.26. The molecule has 0 aromatic heterocycles. The molecular formula is C17H27NO2. The molecule has 2 unspecified atom stereocenters. The van der Waals surface area contributed by atoms with Gasteiger partial charge >= 0.3 is 0 Å². The molecule has 3 nitrogen and oxygen atoms in total. The average Bonchev–Trinajstić information content (AvgIpc) is 2.97. The SMILES string of the molecule is CCCNC(CC1CCCO1)c1ccccc1OCC. The molecule has 0 radical (unpaired) electrons. The summed E-state index contributed by atoms with van der Waals surface area (Å²) in [6.07, 6.45) is 4.93. The molecule has 1 aromatic rings. The molecule has 1 saturated heterocycles. The Bertz CT molecular complexity index is 388. The van der Waals surface area contributed by atoms with Crippen molar-refractivity contribution in [1.29, 1.82) is 0 Å². The Balaban J connectivity index is 2.11. The molecule has 3 heteroatoms. The largest absolute Gasteiger partial charge is 0.494 e. The van der Waals surface area contributed by atoms with Gasteiger partial charge in [-0.2, -0.15) is 0 Å². The first-order valence-electron chi connectivity index (χ1n) is 7.91. The molecule has 20 heavy (non-hydrogen) atoms. The zero-order valence-electron chi connectivity index (χ0n) is 12.7. The van der Waals surface area contributed by atoms with Gasteiger partial charge in [0.05, 0.1) is 12.7 Å². The Morgan fingerprint density at radius 2 is 2.20 bits per heavy atom. The Morgan fingerprint density at radius 1 is 1.35 bits per heavy atom. The Morgan fingerprint density at radius 3 is 2.90 bits per heavy atom. The second-order valence-electron chi connectivity index (χ2n) is 5.35. The normalized spacial score (nSPS) is 20.0. The molecule has 1 aliphatic rings. The third-order valence-electron chi connectivity index (χ3n) is 3.76. The third kappa shape index (κ3) is 4.22. The maximum Gasteiger partial charge on any atom is 0.124 e. The van der Waals surface area contributed by atoms with Gasteiger partial charge in [-0.3, -0.25) is 0 Å². The van der Waals surface area contributed by atoms with E-state index < -0.39 is 0 Å². The molecule has 1 aromatic carbocycles. The number of hydrogen-bond donors (Lipinski definition) is 1. The maximum atomic E-state index is 5.80. The van der Waals surface area contributed by atoms with E-state index in [4.69, 9.17) is 9.47 Å². The highest BCUT2D eigenvalue weighted by Gasteiger charge is 2.23. The fraction of sp³-hybridized carbons (Fsp3) is 0.647. The van der Waals surface area contributed by atoms with Gasteiger partial charge in [0.15, 0.2) is 0 Å². The van der Waals surface area contributed by atoms with Crippen molar-refractivity contribution in [2.45, 2.75) is 51.7 Å². The number of nitrogens with one attached hydrogen (secondary N) is 1. The second kappa shape index (κ2) is 8.28. The summed E-state index contributed by atoms with van der Waals surface area (Å²) >= 11 is 0. The van der Waals surface area contributed by atoms with Gasteiger partial charge in [-0.15, -0.1) is 0 Å². The van der Waals surface area contributed by atoms with Gasteiger partial charge in [0.2, 0.25) is 0 Å². The van der Waals surface area contributed by atoms with E-state index in [1.807, 2.05) is 13.0 Å². The molecule has 1 N–H and O–H groups in total. The molecule has 2 rings (SSSR count). The van der Waals surface area contributed by atoms with E-state index in [9.17, 15) is 0 Å². The number of rotatable bonds is 8. The van der Waals surface area contributed by atoms with Crippen LogP contribution < -0.4 is 10.1 Å². The fourth-order valence-electron chi connectivity index (χ4n) is 2.79. The molecule has 1 heterocycles. The van der Waals surface area contributed by atoms with E-state index in [-0.39, 0.29) is 0 Å². The highest BCUT2D eigenvalue weighted by atomic mass is 16.5. The maximum absolute atomic E-state index is 5.80. The average molecular weight is 277 g/mol. The quantitative estimate of drug-likeness (QED) is 0.786. The molecule has 0 aliphatic carbocycles. The topological polar surface area (TPSA) is 30.5 Å². The van der Waals surface area contributed by atoms with Crippen molar-refractivity contribution in [3.05, 3.63) is 29.8 Å². The molecule has 112 valence electrons. The standard InChI is InChI=1S/C17H27NO2/c1-3-11-18-16(13-14-8-7-12-20-14)15-9-5-6-10-17(15)19-4-2/h5-6,9-10,14,16,18H,3-4,7-8,11-13H2,1-2H3. The summed E-state index contributed by atoms with van der Waals surface area (Å²) in [5.74, 6) is 1.00. The van der Waals surface area contributed by atoms with E-state index in [2.05, 4.69) is 30.4 Å². The van der Waals surface area contributed by atoms with Crippen LogP contribution in [0.1, 0.15) is 51.1 Å². The van der Waals surface area contributed by atoms with E-state index in [1.54, 1.807) is 0 Å². The van der Waals surface area contributed by atoms with Crippen molar-refractivity contribution >= 4 is 0 Å². The molecule has 1 aliphatic heterocycles. The van der Waals surface area contributed by atoms with E-state index in [0.717, 1.165) is 31.7 Å². The van der Waals surface area contributed by atoms with Crippen LogP contribution >= 0.6 is 0 Å². The molecule has 0 saturated carbocycles. The van der Waals surface area contributed by atoms with Gasteiger partial charge in [0.25, 0.3) is 0 Å². The Hall–Kier alpha value is -1.06. The molecule has 1 fully saturated rings. The number of benzene rings is 1. The smallest absolute Gasteiger partial charge is 0.124 e.